The molecular formula is C17H29N5O3S. The number of H-pyrrole nitrogens is 1. The number of piperidine rings is 1. The molecule has 1 atom stereocenters. The van der Waals surface area contributed by atoms with Crippen LogP contribution in [0.5, 0.6) is 0 Å². The van der Waals surface area contributed by atoms with Gasteiger partial charge in [0.25, 0.3) is 0 Å². The summed E-state index contributed by atoms with van der Waals surface area (Å²) >= 11 is 1.34. The highest BCUT2D eigenvalue weighted by Crippen LogP contribution is 2.39. The Hall–Kier alpha value is -1.16. The monoisotopic (exact) mass is 383 g/mol. The van der Waals surface area contributed by atoms with E-state index in [2.05, 4.69) is 33.9 Å². The minimum Gasteiger partial charge on any atom is -0.388 e. The van der Waals surface area contributed by atoms with E-state index in [0.29, 0.717) is 37.0 Å². The van der Waals surface area contributed by atoms with Gasteiger partial charge in [-0.3, -0.25) is 14.8 Å². The van der Waals surface area contributed by atoms with Gasteiger partial charge >= 0.3 is 0 Å². The first-order valence-electron chi connectivity index (χ1n) is 9.11. The fraction of sp³-hybridized carbons (Fsp3) is 0.824. The third-order valence-electron chi connectivity index (χ3n) is 5.48. The number of β-amino-alcohol motifs (C(OH)–C–C–N with tert-alkyl or cyclic N) is 1. The number of amides is 1. The Balaban J connectivity index is 1.55. The smallest absolute Gasteiger partial charge is 0.233 e. The van der Waals surface area contributed by atoms with E-state index in [4.69, 9.17) is 4.74 Å². The molecule has 2 aliphatic heterocycles. The lowest BCUT2D eigenvalue weighted by atomic mass is 9.69. The SMILES string of the molecule is Cc1nc(SCC(=O)N2CCC(O)(CN3CCOCC3)C(C)(C)C2)n[nH]1. The summed E-state index contributed by atoms with van der Waals surface area (Å²) in [5.74, 6) is 1.13. The third kappa shape index (κ3) is 4.39. The molecule has 146 valence electrons. The summed E-state index contributed by atoms with van der Waals surface area (Å²) in [4.78, 5) is 20.9. The van der Waals surface area contributed by atoms with Crippen LogP contribution in [0.15, 0.2) is 5.16 Å². The van der Waals surface area contributed by atoms with Crippen molar-refractivity contribution in [3.8, 4) is 0 Å². The molecule has 2 aliphatic rings. The molecule has 26 heavy (non-hydrogen) atoms. The van der Waals surface area contributed by atoms with Crippen molar-refractivity contribution in [2.45, 2.75) is 37.9 Å². The second-order valence-electron chi connectivity index (χ2n) is 7.86. The average Bonchev–Trinajstić information content (AvgIpc) is 3.01. The largest absolute Gasteiger partial charge is 0.388 e. The first-order chi connectivity index (χ1) is 12.3. The maximum absolute atomic E-state index is 12.6. The highest BCUT2D eigenvalue weighted by molar-refractivity contribution is 7.99. The highest BCUT2D eigenvalue weighted by atomic mass is 32.2. The summed E-state index contributed by atoms with van der Waals surface area (Å²) < 4.78 is 5.40. The van der Waals surface area contributed by atoms with Crippen molar-refractivity contribution in [1.82, 2.24) is 25.0 Å². The number of carbonyl (C=O) groups excluding carboxylic acids is 1. The summed E-state index contributed by atoms with van der Waals surface area (Å²) in [7, 11) is 0. The van der Waals surface area contributed by atoms with E-state index < -0.39 is 5.60 Å². The average molecular weight is 384 g/mol. The van der Waals surface area contributed by atoms with Crippen LogP contribution in [0.3, 0.4) is 0 Å². The van der Waals surface area contributed by atoms with Crippen molar-refractivity contribution in [3.63, 3.8) is 0 Å². The molecule has 1 unspecified atom stereocenters. The molecule has 9 heteroatoms. The number of rotatable bonds is 5. The number of carbonyl (C=O) groups is 1. The molecule has 3 heterocycles. The van der Waals surface area contributed by atoms with E-state index in [1.807, 2.05) is 11.8 Å². The van der Waals surface area contributed by atoms with Gasteiger partial charge in [-0.05, 0) is 13.3 Å². The van der Waals surface area contributed by atoms with E-state index in [9.17, 15) is 9.90 Å². The van der Waals surface area contributed by atoms with Crippen LogP contribution in [0.2, 0.25) is 0 Å². The molecule has 1 aromatic rings. The van der Waals surface area contributed by atoms with Gasteiger partial charge in [-0.2, -0.15) is 0 Å². The molecule has 2 saturated heterocycles. The number of hydrogen-bond donors (Lipinski definition) is 2. The summed E-state index contributed by atoms with van der Waals surface area (Å²) in [6.45, 7) is 10.9. The number of ether oxygens (including phenoxy) is 1. The number of likely N-dealkylation sites (tertiary alicyclic amines) is 1. The lowest BCUT2D eigenvalue weighted by Gasteiger charge is -2.52. The van der Waals surface area contributed by atoms with Crippen molar-refractivity contribution in [2.75, 3.05) is 51.7 Å². The van der Waals surface area contributed by atoms with Gasteiger partial charge in [-0.25, -0.2) is 4.98 Å². The maximum atomic E-state index is 12.6. The number of aryl methyl sites for hydroxylation is 1. The zero-order valence-electron chi connectivity index (χ0n) is 15.8. The molecule has 0 saturated carbocycles. The molecule has 1 amide bonds. The predicted octanol–water partition coefficient (Wildman–Crippen LogP) is 0.527. The standard InChI is InChI=1S/C17H29N5O3S/c1-13-18-15(20-19-13)26-10-14(23)22-5-4-17(24,16(2,3)11-22)12-21-6-8-25-9-7-21/h24H,4-12H2,1-3H3,(H,18,19,20). The zero-order chi connectivity index (χ0) is 18.8. The van der Waals surface area contributed by atoms with Crippen molar-refractivity contribution in [1.29, 1.82) is 0 Å². The van der Waals surface area contributed by atoms with Crippen LogP contribution in [0, 0.1) is 12.3 Å². The van der Waals surface area contributed by atoms with E-state index in [1.54, 1.807) is 0 Å². The minimum absolute atomic E-state index is 0.0685. The van der Waals surface area contributed by atoms with E-state index in [0.717, 1.165) is 32.1 Å². The Kier molecular flexibility index (Phi) is 5.91. The van der Waals surface area contributed by atoms with E-state index in [-0.39, 0.29) is 11.3 Å². The van der Waals surface area contributed by atoms with Crippen LogP contribution in [0.1, 0.15) is 26.1 Å². The van der Waals surface area contributed by atoms with Gasteiger partial charge in [-0.1, -0.05) is 25.6 Å². The van der Waals surface area contributed by atoms with Gasteiger partial charge in [0.1, 0.15) is 5.82 Å². The third-order valence-corrected chi connectivity index (χ3v) is 6.32. The lowest BCUT2D eigenvalue weighted by Crippen LogP contribution is -2.63. The van der Waals surface area contributed by atoms with Crippen molar-refractivity contribution in [2.24, 2.45) is 5.41 Å². The number of aromatic amines is 1. The summed E-state index contributed by atoms with van der Waals surface area (Å²) in [5, 5.41) is 18.7. The Morgan fingerprint density at radius 3 is 2.69 bits per heavy atom. The van der Waals surface area contributed by atoms with Crippen LogP contribution < -0.4 is 0 Å². The molecular weight excluding hydrogens is 354 g/mol. The Labute approximate surface area is 158 Å². The number of nitrogens with one attached hydrogen (secondary N) is 1. The summed E-state index contributed by atoms with van der Waals surface area (Å²) in [6, 6.07) is 0. The van der Waals surface area contributed by atoms with Gasteiger partial charge < -0.3 is 14.7 Å². The molecule has 8 nitrogen and oxygen atoms in total. The normalized spacial score (nSPS) is 26.8. The van der Waals surface area contributed by atoms with Crippen LogP contribution in [-0.2, 0) is 9.53 Å². The first kappa shape index (κ1) is 19.6. The second kappa shape index (κ2) is 7.84. The molecule has 0 spiro atoms. The van der Waals surface area contributed by atoms with Crippen molar-refractivity contribution in [3.05, 3.63) is 5.82 Å². The Morgan fingerprint density at radius 2 is 2.08 bits per heavy atom. The number of morpholine rings is 1. The fourth-order valence-electron chi connectivity index (χ4n) is 3.60. The molecule has 0 aromatic carbocycles. The molecule has 2 fully saturated rings. The number of thioether (sulfide) groups is 1. The predicted molar refractivity (Wildman–Crippen MR) is 99.0 cm³/mol. The summed E-state index contributed by atoms with van der Waals surface area (Å²) in [6.07, 6.45) is 0.591. The van der Waals surface area contributed by atoms with Crippen molar-refractivity contribution >= 4 is 17.7 Å². The van der Waals surface area contributed by atoms with Gasteiger partial charge in [0.2, 0.25) is 11.1 Å². The number of aromatic nitrogens is 3. The van der Waals surface area contributed by atoms with Crippen molar-refractivity contribution < 1.29 is 14.6 Å². The fourth-order valence-corrected chi connectivity index (χ4v) is 4.35. The molecule has 3 rings (SSSR count). The van der Waals surface area contributed by atoms with Crippen LogP contribution in [0.4, 0.5) is 0 Å². The Bertz CT molecular complexity index is 632. The summed E-state index contributed by atoms with van der Waals surface area (Å²) in [5.41, 5.74) is -1.17. The van der Waals surface area contributed by atoms with Crippen LogP contribution in [0.25, 0.3) is 0 Å². The van der Waals surface area contributed by atoms with Gasteiger partial charge in [0.05, 0.1) is 24.6 Å². The van der Waals surface area contributed by atoms with E-state index >= 15 is 0 Å². The number of aliphatic hydroxyl groups is 1. The maximum Gasteiger partial charge on any atom is 0.233 e. The zero-order valence-corrected chi connectivity index (χ0v) is 16.6. The lowest BCUT2D eigenvalue weighted by molar-refractivity contribution is -0.155. The number of hydrogen-bond acceptors (Lipinski definition) is 7. The minimum atomic E-state index is -0.797. The Morgan fingerprint density at radius 1 is 1.35 bits per heavy atom. The number of nitrogens with zero attached hydrogens (tertiary/aromatic N) is 4. The molecule has 2 N–H and O–H groups in total. The molecule has 0 aliphatic carbocycles. The highest BCUT2D eigenvalue weighted by Gasteiger charge is 2.49. The van der Waals surface area contributed by atoms with Crippen LogP contribution in [-0.4, -0.2) is 93.3 Å². The molecule has 0 radical (unpaired) electrons. The molecule has 1 aromatic heterocycles. The van der Waals surface area contributed by atoms with Crippen LogP contribution >= 0.6 is 11.8 Å². The quantitative estimate of drug-likeness (QED) is 0.716. The van der Waals surface area contributed by atoms with E-state index in [1.165, 1.54) is 11.8 Å². The van der Waals surface area contributed by atoms with Gasteiger partial charge in [0, 0.05) is 38.1 Å². The van der Waals surface area contributed by atoms with Gasteiger partial charge in [0.15, 0.2) is 0 Å². The van der Waals surface area contributed by atoms with Gasteiger partial charge in [-0.15, -0.1) is 5.10 Å². The topological polar surface area (TPSA) is 94.6 Å². The molecule has 0 bridgehead atoms. The first-order valence-corrected chi connectivity index (χ1v) is 10.1. The second-order valence-corrected chi connectivity index (χ2v) is 8.80.